The van der Waals surface area contributed by atoms with Gasteiger partial charge in [0.2, 0.25) is 4.33 Å². The van der Waals surface area contributed by atoms with Crippen LogP contribution in [0.4, 0.5) is 5.69 Å². The molecule has 2 amide bonds. The van der Waals surface area contributed by atoms with E-state index in [1.807, 2.05) is 91.0 Å². The number of anilines is 1. The molecule has 0 saturated carbocycles. The van der Waals surface area contributed by atoms with Gasteiger partial charge in [0.25, 0.3) is 0 Å². The summed E-state index contributed by atoms with van der Waals surface area (Å²) >= 11 is 3.10. The van der Waals surface area contributed by atoms with Gasteiger partial charge in [-0.15, -0.1) is 0 Å². The standard InChI is InChI=1S/C23H20N2O2S2/c26-21-22(27)25(20-14-8-3-9-15-20)23(24-21,28-16-18-10-4-1-5-11-18)29-17-19-12-6-2-7-13-19/h1-15H,16-17H2,(H,24,26). The summed E-state index contributed by atoms with van der Waals surface area (Å²) in [6.45, 7) is 0. The van der Waals surface area contributed by atoms with Gasteiger partial charge in [-0.2, -0.15) is 0 Å². The monoisotopic (exact) mass is 420 g/mol. The largest absolute Gasteiger partial charge is 0.319 e. The first-order valence-corrected chi connectivity index (χ1v) is 11.2. The molecule has 0 bridgehead atoms. The second-order valence-corrected chi connectivity index (χ2v) is 9.16. The van der Waals surface area contributed by atoms with Crippen LogP contribution in [0.1, 0.15) is 11.1 Å². The predicted octanol–water partition coefficient (Wildman–Crippen LogP) is 4.63. The van der Waals surface area contributed by atoms with Gasteiger partial charge in [0, 0.05) is 17.2 Å². The summed E-state index contributed by atoms with van der Waals surface area (Å²) in [5.41, 5.74) is 2.98. The number of amides is 2. The third-order valence-corrected chi connectivity index (χ3v) is 7.55. The van der Waals surface area contributed by atoms with Crippen LogP contribution in [-0.2, 0) is 21.1 Å². The summed E-state index contributed by atoms with van der Waals surface area (Å²) < 4.78 is -0.915. The van der Waals surface area contributed by atoms with Crippen molar-refractivity contribution in [3.63, 3.8) is 0 Å². The third-order valence-electron chi connectivity index (χ3n) is 4.53. The van der Waals surface area contributed by atoms with E-state index in [-0.39, 0.29) is 0 Å². The van der Waals surface area contributed by atoms with Gasteiger partial charge in [-0.3, -0.25) is 14.5 Å². The summed E-state index contributed by atoms with van der Waals surface area (Å²) in [7, 11) is 0. The number of hydrogen-bond acceptors (Lipinski definition) is 4. The molecule has 146 valence electrons. The fraction of sp³-hybridized carbons (Fsp3) is 0.130. The zero-order valence-corrected chi connectivity index (χ0v) is 17.3. The van der Waals surface area contributed by atoms with E-state index in [0.29, 0.717) is 17.2 Å². The molecule has 0 unspecified atom stereocenters. The van der Waals surface area contributed by atoms with Crippen LogP contribution >= 0.6 is 23.5 Å². The van der Waals surface area contributed by atoms with Gasteiger partial charge >= 0.3 is 11.8 Å². The topological polar surface area (TPSA) is 49.4 Å². The molecule has 1 fully saturated rings. The van der Waals surface area contributed by atoms with Crippen molar-refractivity contribution in [1.29, 1.82) is 0 Å². The molecule has 29 heavy (non-hydrogen) atoms. The zero-order valence-electron chi connectivity index (χ0n) is 15.7. The maximum Gasteiger partial charge on any atom is 0.319 e. The first-order valence-electron chi connectivity index (χ1n) is 9.25. The van der Waals surface area contributed by atoms with Gasteiger partial charge < -0.3 is 5.32 Å². The second kappa shape index (κ2) is 8.76. The van der Waals surface area contributed by atoms with Crippen LogP contribution in [0.3, 0.4) is 0 Å². The van der Waals surface area contributed by atoms with Crippen molar-refractivity contribution in [2.24, 2.45) is 0 Å². The maximum atomic E-state index is 12.8. The molecule has 3 aromatic rings. The first kappa shape index (κ1) is 19.6. The van der Waals surface area contributed by atoms with Crippen molar-refractivity contribution in [1.82, 2.24) is 5.32 Å². The fourth-order valence-corrected chi connectivity index (χ4v) is 5.87. The predicted molar refractivity (Wildman–Crippen MR) is 120 cm³/mol. The summed E-state index contributed by atoms with van der Waals surface area (Å²) in [6, 6.07) is 29.5. The van der Waals surface area contributed by atoms with E-state index in [1.54, 1.807) is 28.4 Å². The van der Waals surface area contributed by atoms with E-state index in [1.165, 1.54) is 0 Å². The Morgan fingerprint density at radius 2 is 1.14 bits per heavy atom. The molecular weight excluding hydrogens is 400 g/mol. The van der Waals surface area contributed by atoms with E-state index < -0.39 is 16.1 Å². The Morgan fingerprint density at radius 3 is 1.62 bits per heavy atom. The van der Waals surface area contributed by atoms with Crippen molar-refractivity contribution in [2.75, 3.05) is 4.90 Å². The van der Waals surface area contributed by atoms with Crippen LogP contribution in [0.5, 0.6) is 0 Å². The average molecular weight is 421 g/mol. The molecule has 1 aliphatic rings. The fourth-order valence-electron chi connectivity index (χ4n) is 3.11. The highest BCUT2D eigenvalue weighted by molar-refractivity contribution is 8.17. The lowest BCUT2D eigenvalue weighted by Crippen LogP contribution is -2.47. The Morgan fingerprint density at radius 1 is 0.690 bits per heavy atom. The highest BCUT2D eigenvalue weighted by atomic mass is 32.2. The summed E-state index contributed by atoms with van der Waals surface area (Å²) in [5.74, 6) is 0.228. The molecule has 0 atom stereocenters. The van der Waals surface area contributed by atoms with E-state index in [0.717, 1.165) is 11.1 Å². The Bertz CT molecular complexity index is 938. The number of carbonyl (C=O) groups is 2. The molecule has 1 heterocycles. The van der Waals surface area contributed by atoms with Gasteiger partial charge in [-0.25, -0.2) is 0 Å². The van der Waals surface area contributed by atoms with Gasteiger partial charge in [0.05, 0.1) is 0 Å². The van der Waals surface area contributed by atoms with Crippen LogP contribution in [0, 0.1) is 0 Å². The highest BCUT2D eigenvalue weighted by Crippen LogP contribution is 2.46. The Labute approximate surface area is 178 Å². The Hall–Kier alpha value is -2.70. The van der Waals surface area contributed by atoms with Crippen LogP contribution in [-0.4, -0.2) is 16.1 Å². The zero-order chi connectivity index (χ0) is 20.1. The molecule has 0 aliphatic carbocycles. The summed E-state index contributed by atoms with van der Waals surface area (Å²) in [5, 5.41) is 2.97. The minimum atomic E-state index is -0.915. The number of nitrogens with one attached hydrogen (secondary N) is 1. The Balaban J connectivity index is 1.67. The van der Waals surface area contributed by atoms with E-state index in [4.69, 9.17) is 0 Å². The van der Waals surface area contributed by atoms with Gasteiger partial charge in [-0.05, 0) is 23.3 Å². The van der Waals surface area contributed by atoms with E-state index in [2.05, 4.69) is 5.32 Å². The molecule has 3 aromatic carbocycles. The average Bonchev–Trinajstić information content (AvgIpc) is 3.03. The van der Waals surface area contributed by atoms with Crippen LogP contribution < -0.4 is 10.2 Å². The number of carbonyl (C=O) groups excluding carboxylic acids is 2. The van der Waals surface area contributed by atoms with E-state index >= 15 is 0 Å². The van der Waals surface area contributed by atoms with Crippen LogP contribution in [0.15, 0.2) is 91.0 Å². The number of benzene rings is 3. The summed E-state index contributed by atoms with van der Waals surface area (Å²) in [6.07, 6.45) is 0. The molecule has 4 nitrogen and oxygen atoms in total. The normalized spacial score (nSPS) is 15.4. The lowest BCUT2D eigenvalue weighted by atomic mass is 10.2. The minimum absolute atomic E-state index is 0.530. The van der Waals surface area contributed by atoms with E-state index in [9.17, 15) is 9.59 Å². The van der Waals surface area contributed by atoms with Gasteiger partial charge in [-0.1, -0.05) is 102 Å². The highest BCUT2D eigenvalue weighted by Gasteiger charge is 2.52. The lowest BCUT2D eigenvalue weighted by molar-refractivity contribution is -0.134. The Kier molecular flexibility index (Phi) is 5.92. The number of thioether (sulfide) groups is 2. The second-order valence-electron chi connectivity index (χ2n) is 6.56. The molecule has 1 aliphatic heterocycles. The SMILES string of the molecule is O=C1NC(SCc2ccccc2)(SCc2ccccc2)N(c2ccccc2)C1=O. The molecule has 6 heteroatoms. The van der Waals surface area contributed by atoms with Gasteiger partial charge in [0.15, 0.2) is 0 Å². The molecule has 1 saturated heterocycles. The number of para-hydroxylation sites is 1. The molecule has 1 N–H and O–H groups in total. The molecular formula is C23H20N2O2S2. The smallest absolute Gasteiger partial charge is 0.307 e. The molecule has 0 radical (unpaired) electrons. The maximum absolute atomic E-state index is 12.8. The molecule has 4 rings (SSSR count). The van der Waals surface area contributed by atoms with Crippen molar-refractivity contribution >= 4 is 41.0 Å². The lowest BCUT2D eigenvalue weighted by Gasteiger charge is -2.36. The summed E-state index contributed by atoms with van der Waals surface area (Å²) in [4.78, 5) is 26.9. The number of rotatable bonds is 7. The molecule has 0 spiro atoms. The molecule has 0 aromatic heterocycles. The quantitative estimate of drug-likeness (QED) is 0.447. The third kappa shape index (κ3) is 4.33. The van der Waals surface area contributed by atoms with Gasteiger partial charge in [0.1, 0.15) is 0 Å². The van der Waals surface area contributed by atoms with Crippen molar-refractivity contribution in [3.05, 3.63) is 102 Å². The van der Waals surface area contributed by atoms with Crippen LogP contribution in [0.25, 0.3) is 0 Å². The van der Waals surface area contributed by atoms with Crippen molar-refractivity contribution < 1.29 is 9.59 Å². The number of hydrogen-bond donors (Lipinski definition) is 1. The number of nitrogens with zero attached hydrogens (tertiary/aromatic N) is 1. The van der Waals surface area contributed by atoms with Crippen molar-refractivity contribution in [3.8, 4) is 0 Å². The minimum Gasteiger partial charge on any atom is -0.307 e. The first-order chi connectivity index (χ1) is 14.2. The van der Waals surface area contributed by atoms with Crippen LogP contribution in [0.2, 0.25) is 0 Å². The van der Waals surface area contributed by atoms with Crippen molar-refractivity contribution in [2.45, 2.75) is 15.8 Å².